The van der Waals surface area contributed by atoms with Gasteiger partial charge >= 0.3 is 0 Å². The summed E-state index contributed by atoms with van der Waals surface area (Å²) in [6.45, 7) is 6.66. The topological polar surface area (TPSA) is 56.0 Å². The van der Waals surface area contributed by atoms with Crippen molar-refractivity contribution in [3.63, 3.8) is 0 Å². The summed E-state index contributed by atoms with van der Waals surface area (Å²) in [7, 11) is 2.08. The Morgan fingerprint density at radius 1 is 1.25 bits per heavy atom. The summed E-state index contributed by atoms with van der Waals surface area (Å²) in [5.74, 6) is 1.21. The molecule has 0 aliphatic carbocycles. The Morgan fingerprint density at radius 2 is 2.00 bits per heavy atom. The van der Waals surface area contributed by atoms with Crippen LogP contribution in [-0.2, 0) is 6.54 Å². The van der Waals surface area contributed by atoms with Crippen molar-refractivity contribution >= 4 is 0 Å². The summed E-state index contributed by atoms with van der Waals surface area (Å²) in [5.41, 5.74) is 1.91. The van der Waals surface area contributed by atoms with Gasteiger partial charge in [0.15, 0.2) is 5.82 Å². The molecule has 2 aromatic heterocycles. The lowest BCUT2D eigenvalue weighted by molar-refractivity contribution is 0.114. The van der Waals surface area contributed by atoms with Crippen molar-refractivity contribution in [2.75, 3.05) is 20.1 Å². The smallest absolute Gasteiger partial charge is 0.266 e. The summed E-state index contributed by atoms with van der Waals surface area (Å²) >= 11 is 0. The molecule has 0 unspecified atom stereocenters. The lowest BCUT2D eigenvalue weighted by Crippen LogP contribution is -2.47. The number of aryl methyl sites for hydroxylation is 2. The van der Waals surface area contributed by atoms with E-state index in [0.717, 1.165) is 24.5 Å². The highest BCUT2D eigenvalue weighted by Crippen LogP contribution is 2.14. The molecule has 3 heterocycles. The third kappa shape index (κ3) is 2.38. The van der Waals surface area contributed by atoms with Crippen molar-refractivity contribution < 1.29 is 0 Å². The van der Waals surface area contributed by atoms with Gasteiger partial charge in [-0.3, -0.25) is 4.79 Å². The molecule has 6 heteroatoms. The number of aromatic nitrogens is 4. The molecule has 20 heavy (non-hydrogen) atoms. The molecule has 1 aliphatic heterocycles. The van der Waals surface area contributed by atoms with Gasteiger partial charge in [-0.2, -0.15) is 5.10 Å². The number of nitrogens with zero attached hydrogens (tertiary/aromatic N) is 5. The highest BCUT2D eigenvalue weighted by molar-refractivity contribution is 5.23. The average molecular weight is 273 g/mol. The first kappa shape index (κ1) is 13.1. The zero-order valence-electron chi connectivity index (χ0n) is 12.1. The van der Waals surface area contributed by atoms with E-state index in [2.05, 4.69) is 22.1 Å². The molecule has 0 N–H and O–H groups in total. The van der Waals surface area contributed by atoms with E-state index in [1.54, 1.807) is 21.5 Å². The summed E-state index contributed by atoms with van der Waals surface area (Å²) in [6, 6.07) is 5.30. The second-order valence-electron chi connectivity index (χ2n) is 5.64. The van der Waals surface area contributed by atoms with Crippen molar-refractivity contribution in [3.05, 3.63) is 39.9 Å². The second-order valence-corrected chi connectivity index (χ2v) is 5.64. The average Bonchev–Trinajstić information content (AvgIpc) is 2.69. The molecule has 3 rings (SSSR count). The molecule has 0 aromatic carbocycles. The Hall–Kier alpha value is -1.95. The summed E-state index contributed by atoms with van der Waals surface area (Å²) < 4.78 is 3.33. The SMILES string of the molecule is Cc1cc(C)n(-c2ccc(=O)n(CC3CN(C)C3)n2)n1. The van der Waals surface area contributed by atoms with Gasteiger partial charge in [0.2, 0.25) is 0 Å². The molecule has 0 spiro atoms. The van der Waals surface area contributed by atoms with E-state index in [4.69, 9.17) is 0 Å². The van der Waals surface area contributed by atoms with Gasteiger partial charge in [0.05, 0.1) is 12.2 Å². The monoisotopic (exact) mass is 273 g/mol. The Morgan fingerprint density at radius 3 is 2.60 bits per heavy atom. The summed E-state index contributed by atoms with van der Waals surface area (Å²) in [5, 5.41) is 8.86. The molecule has 0 atom stereocenters. The van der Waals surface area contributed by atoms with Crippen LogP contribution in [0.1, 0.15) is 11.4 Å². The molecule has 0 radical (unpaired) electrons. The molecular weight excluding hydrogens is 254 g/mol. The van der Waals surface area contributed by atoms with Crippen molar-refractivity contribution in [1.82, 2.24) is 24.5 Å². The third-order valence-corrected chi connectivity index (χ3v) is 3.65. The Bertz CT molecular complexity index is 681. The highest BCUT2D eigenvalue weighted by atomic mass is 16.1. The maximum absolute atomic E-state index is 11.9. The van der Waals surface area contributed by atoms with Crippen molar-refractivity contribution in [3.8, 4) is 5.82 Å². The quantitative estimate of drug-likeness (QED) is 0.822. The van der Waals surface area contributed by atoms with E-state index in [9.17, 15) is 4.79 Å². The lowest BCUT2D eigenvalue weighted by atomic mass is 10.0. The number of hydrogen-bond acceptors (Lipinski definition) is 4. The molecule has 0 bridgehead atoms. The maximum Gasteiger partial charge on any atom is 0.266 e. The molecule has 0 amide bonds. The fourth-order valence-corrected chi connectivity index (χ4v) is 2.73. The number of hydrogen-bond donors (Lipinski definition) is 0. The van der Waals surface area contributed by atoms with E-state index in [1.807, 2.05) is 19.9 Å². The van der Waals surface area contributed by atoms with Crippen LogP contribution < -0.4 is 5.56 Å². The first-order valence-electron chi connectivity index (χ1n) is 6.83. The predicted octanol–water partition coefficient (Wildman–Crippen LogP) is 0.607. The van der Waals surface area contributed by atoms with Gasteiger partial charge in [-0.1, -0.05) is 0 Å². The van der Waals surface area contributed by atoms with Crippen LogP contribution in [-0.4, -0.2) is 44.6 Å². The zero-order valence-corrected chi connectivity index (χ0v) is 12.1. The fourth-order valence-electron chi connectivity index (χ4n) is 2.73. The predicted molar refractivity (Wildman–Crippen MR) is 76.1 cm³/mol. The minimum absolute atomic E-state index is 0.0511. The minimum atomic E-state index is -0.0511. The molecule has 1 aliphatic rings. The van der Waals surface area contributed by atoms with E-state index in [0.29, 0.717) is 18.3 Å². The van der Waals surface area contributed by atoms with Crippen LogP contribution in [0.15, 0.2) is 23.0 Å². The van der Waals surface area contributed by atoms with Crippen molar-refractivity contribution in [2.45, 2.75) is 20.4 Å². The van der Waals surface area contributed by atoms with Crippen LogP contribution in [0.5, 0.6) is 0 Å². The zero-order chi connectivity index (χ0) is 14.3. The Labute approximate surface area is 117 Å². The summed E-state index contributed by atoms with van der Waals surface area (Å²) in [6.07, 6.45) is 0. The number of likely N-dealkylation sites (tertiary alicyclic amines) is 1. The number of rotatable bonds is 3. The summed E-state index contributed by atoms with van der Waals surface area (Å²) in [4.78, 5) is 14.1. The standard InChI is InChI=1S/C14H19N5O/c1-10-6-11(2)19(15-10)13-4-5-14(20)18(16-13)9-12-7-17(3)8-12/h4-6,12H,7-9H2,1-3H3. The molecule has 106 valence electrons. The first-order chi connectivity index (χ1) is 9.52. The van der Waals surface area contributed by atoms with Crippen molar-refractivity contribution in [1.29, 1.82) is 0 Å². The highest BCUT2D eigenvalue weighted by Gasteiger charge is 2.24. The Balaban J connectivity index is 1.90. The molecular formula is C14H19N5O. The molecule has 1 saturated heterocycles. The van der Waals surface area contributed by atoms with Crippen LogP contribution in [0.4, 0.5) is 0 Å². The van der Waals surface area contributed by atoms with Gasteiger partial charge in [0, 0.05) is 30.8 Å². The van der Waals surface area contributed by atoms with Gasteiger partial charge in [-0.05, 0) is 33.0 Å². The van der Waals surface area contributed by atoms with Crippen LogP contribution in [0, 0.1) is 19.8 Å². The third-order valence-electron chi connectivity index (χ3n) is 3.65. The van der Waals surface area contributed by atoms with Crippen molar-refractivity contribution in [2.24, 2.45) is 5.92 Å². The minimum Gasteiger partial charge on any atom is -0.306 e. The van der Waals surface area contributed by atoms with E-state index >= 15 is 0 Å². The molecule has 2 aromatic rings. The van der Waals surface area contributed by atoms with Crippen LogP contribution >= 0.6 is 0 Å². The lowest BCUT2D eigenvalue weighted by Gasteiger charge is -2.36. The van der Waals surface area contributed by atoms with E-state index in [-0.39, 0.29) is 5.56 Å². The molecule has 6 nitrogen and oxygen atoms in total. The normalized spacial score (nSPS) is 16.4. The van der Waals surface area contributed by atoms with Crippen LogP contribution in [0.2, 0.25) is 0 Å². The maximum atomic E-state index is 11.9. The first-order valence-corrected chi connectivity index (χ1v) is 6.83. The van der Waals surface area contributed by atoms with E-state index < -0.39 is 0 Å². The van der Waals surface area contributed by atoms with Gasteiger partial charge in [0.1, 0.15) is 0 Å². The van der Waals surface area contributed by atoms with E-state index in [1.165, 1.54) is 0 Å². The largest absolute Gasteiger partial charge is 0.306 e. The van der Waals surface area contributed by atoms with Gasteiger partial charge in [-0.25, -0.2) is 9.36 Å². The van der Waals surface area contributed by atoms with Gasteiger partial charge in [-0.15, -0.1) is 5.10 Å². The second kappa shape index (κ2) is 4.86. The van der Waals surface area contributed by atoms with Crippen LogP contribution in [0.25, 0.3) is 5.82 Å². The van der Waals surface area contributed by atoms with Gasteiger partial charge < -0.3 is 4.90 Å². The fraction of sp³-hybridized carbons (Fsp3) is 0.500. The van der Waals surface area contributed by atoms with Crippen LogP contribution in [0.3, 0.4) is 0 Å². The molecule has 0 saturated carbocycles. The molecule has 1 fully saturated rings. The Kier molecular flexibility index (Phi) is 3.17. The van der Waals surface area contributed by atoms with Gasteiger partial charge in [0.25, 0.3) is 5.56 Å².